The molecular weight excluding hydrogens is 620 g/mol. The first-order valence-corrected chi connectivity index (χ1v) is 14.2. The van der Waals surface area contributed by atoms with Crippen molar-refractivity contribution >= 4 is 40.5 Å². The number of carboxylic acids is 1. The summed E-state index contributed by atoms with van der Waals surface area (Å²) in [7, 11) is 0. The minimum atomic E-state index is -4.73. The molecule has 2 N–H and O–H groups in total. The monoisotopic (exact) mass is 650 g/mol. The van der Waals surface area contributed by atoms with Gasteiger partial charge in [0.05, 0.1) is 18.2 Å². The van der Waals surface area contributed by atoms with Gasteiger partial charge in [-0.25, -0.2) is 23.8 Å². The Bertz CT molecular complexity index is 1630. The molecule has 15 heteroatoms. The Kier molecular flexibility index (Phi) is 11.0. The molecule has 2 aromatic heterocycles. The van der Waals surface area contributed by atoms with Crippen LogP contribution >= 0.6 is 11.6 Å². The number of hydrogen-bond donors (Lipinski definition) is 2. The molecule has 0 atom stereocenters. The number of carboxylic acid groups (broad SMARTS) is 1. The van der Waals surface area contributed by atoms with E-state index >= 15 is 0 Å². The number of aromatic nitrogens is 3. The van der Waals surface area contributed by atoms with Gasteiger partial charge in [-0.1, -0.05) is 23.3 Å². The molecule has 0 unspecified atom stereocenters. The first-order valence-electron chi connectivity index (χ1n) is 13.8. The number of nitrogens with one attached hydrogen (secondary N) is 1. The van der Waals surface area contributed by atoms with Gasteiger partial charge in [0.15, 0.2) is 11.5 Å². The topological polar surface area (TPSA) is 114 Å². The molecule has 3 aromatic rings. The fourth-order valence-corrected chi connectivity index (χ4v) is 4.51. The molecule has 1 aromatic carbocycles. The van der Waals surface area contributed by atoms with Crippen molar-refractivity contribution < 1.29 is 36.9 Å². The summed E-state index contributed by atoms with van der Waals surface area (Å²) in [6, 6.07) is 6.00. The number of carbonyl (C=O) groups is 1. The van der Waals surface area contributed by atoms with E-state index in [0.717, 1.165) is 41.7 Å². The van der Waals surface area contributed by atoms with Crippen LogP contribution in [0.3, 0.4) is 0 Å². The summed E-state index contributed by atoms with van der Waals surface area (Å²) >= 11 is 5.89. The molecular formula is C30H31ClF4N6O4. The minimum absolute atomic E-state index is 0.0796. The number of benzene rings is 1. The number of allylic oxidation sites excluding steroid dienone is 3. The van der Waals surface area contributed by atoms with Gasteiger partial charge in [0.1, 0.15) is 23.8 Å². The van der Waals surface area contributed by atoms with Gasteiger partial charge in [0.2, 0.25) is 5.88 Å². The van der Waals surface area contributed by atoms with Gasteiger partial charge in [-0.05, 0) is 51.1 Å². The largest absolute Gasteiger partial charge is 0.477 e. The second kappa shape index (κ2) is 14.7. The second-order valence-corrected chi connectivity index (χ2v) is 10.6. The maximum Gasteiger partial charge on any atom is 0.435 e. The normalized spacial score (nSPS) is 15.0. The Morgan fingerprint density at radius 1 is 1.20 bits per heavy atom. The van der Waals surface area contributed by atoms with E-state index in [2.05, 4.69) is 25.3 Å². The van der Waals surface area contributed by atoms with Gasteiger partial charge in [-0.3, -0.25) is 4.90 Å². The molecule has 0 saturated carbocycles. The number of hydrogen-bond acceptors (Lipinski definition) is 7. The lowest BCUT2D eigenvalue weighted by Crippen LogP contribution is -2.38. The summed E-state index contributed by atoms with van der Waals surface area (Å²) < 4.78 is 66.3. The Balaban J connectivity index is 1.80. The van der Waals surface area contributed by atoms with Gasteiger partial charge in [0, 0.05) is 48.9 Å². The van der Waals surface area contributed by atoms with E-state index in [1.165, 1.54) is 31.3 Å². The van der Waals surface area contributed by atoms with Crippen LogP contribution in [0, 0.1) is 5.82 Å². The summed E-state index contributed by atoms with van der Waals surface area (Å²) in [5.41, 5.74) is 0.144. The number of morpholine rings is 1. The Hall–Kier alpha value is -4.27. The van der Waals surface area contributed by atoms with Crippen LogP contribution in [0.5, 0.6) is 5.88 Å². The Labute approximate surface area is 261 Å². The smallest absolute Gasteiger partial charge is 0.435 e. The molecule has 4 rings (SSSR count). The van der Waals surface area contributed by atoms with Gasteiger partial charge in [0.25, 0.3) is 0 Å². The van der Waals surface area contributed by atoms with Crippen LogP contribution in [0.1, 0.15) is 42.4 Å². The zero-order chi connectivity index (χ0) is 32.7. The molecule has 0 aliphatic carbocycles. The van der Waals surface area contributed by atoms with Gasteiger partial charge < -0.3 is 19.9 Å². The number of nitrogens with zero attached hydrogens (tertiary/aromatic N) is 5. The summed E-state index contributed by atoms with van der Waals surface area (Å²) in [5, 5.41) is 16.5. The number of aromatic carboxylic acids is 1. The Morgan fingerprint density at radius 2 is 1.93 bits per heavy atom. The summed E-state index contributed by atoms with van der Waals surface area (Å²) in [6.07, 6.45) is -0.654. The lowest BCUT2D eigenvalue weighted by Gasteiger charge is -2.26. The van der Waals surface area contributed by atoms with E-state index in [1.54, 1.807) is 19.9 Å². The zero-order valence-electron chi connectivity index (χ0n) is 24.7. The maximum atomic E-state index is 13.7. The van der Waals surface area contributed by atoms with Crippen molar-refractivity contribution in [2.75, 3.05) is 44.8 Å². The second-order valence-electron chi connectivity index (χ2n) is 10.2. The van der Waals surface area contributed by atoms with E-state index in [9.17, 15) is 27.5 Å². The summed E-state index contributed by atoms with van der Waals surface area (Å²) in [4.78, 5) is 23.2. The molecule has 1 aliphatic heterocycles. The minimum Gasteiger partial charge on any atom is -0.477 e. The van der Waals surface area contributed by atoms with Crippen molar-refractivity contribution in [1.29, 1.82) is 0 Å². The number of amidine groups is 1. The van der Waals surface area contributed by atoms with Crippen molar-refractivity contribution in [1.82, 2.24) is 19.7 Å². The van der Waals surface area contributed by atoms with Crippen LogP contribution in [0.25, 0.3) is 11.4 Å². The molecule has 3 heterocycles. The molecule has 1 fully saturated rings. The first kappa shape index (κ1) is 33.6. The molecule has 0 spiro atoms. The number of rotatable bonds is 10. The van der Waals surface area contributed by atoms with E-state index in [0.29, 0.717) is 25.4 Å². The predicted molar refractivity (Wildman–Crippen MR) is 162 cm³/mol. The average Bonchev–Trinajstić information content (AvgIpc) is 3.48. The van der Waals surface area contributed by atoms with E-state index in [-0.39, 0.29) is 45.9 Å². The van der Waals surface area contributed by atoms with Gasteiger partial charge in [-0.2, -0.15) is 18.3 Å². The predicted octanol–water partition coefficient (Wildman–Crippen LogP) is 6.32. The quantitative estimate of drug-likeness (QED) is 0.113. The molecule has 0 amide bonds. The lowest BCUT2D eigenvalue weighted by molar-refractivity contribution is -0.141. The maximum absolute atomic E-state index is 13.7. The highest BCUT2D eigenvalue weighted by molar-refractivity contribution is 6.31. The van der Waals surface area contributed by atoms with Crippen molar-refractivity contribution in [3.63, 3.8) is 0 Å². The number of ether oxygens (including phenoxy) is 2. The standard InChI is InChI=1S/C30H31ClF4N6O4/c1-18(2)14-22(20-15-23(29(42)43)28(36-17-20)45-13-10-40-8-11-44-12-9-40)27(41-7-6-26(39-41)30(33,34)35)38-19(3)37-21-4-5-25(32)24(31)16-21/h4-7,14-17H,8-13H2,1-3H3,(H,37,38)(H,42,43)/b27-22-. The third-order valence-corrected chi connectivity index (χ3v) is 6.72. The van der Waals surface area contributed by atoms with E-state index < -0.39 is 23.7 Å². The average molecular weight is 651 g/mol. The third-order valence-electron chi connectivity index (χ3n) is 6.43. The van der Waals surface area contributed by atoms with Crippen LogP contribution in [0.15, 0.2) is 59.4 Å². The fourth-order valence-electron chi connectivity index (χ4n) is 4.33. The summed E-state index contributed by atoms with van der Waals surface area (Å²) in [6.45, 7) is 8.44. The molecule has 1 saturated heterocycles. The number of aliphatic imine (C=N–C) groups is 1. The third kappa shape index (κ3) is 9.12. The highest BCUT2D eigenvalue weighted by Gasteiger charge is 2.34. The SMILES string of the molecule is CC(C)=C/C(=C(\N=C(/C)Nc1ccc(F)c(Cl)c1)n1ccc(C(F)(F)F)n1)c1cnc(OCCN2CCOCC2)c(C(=O)O)c1. The van der Waals surface area contributed by atoms with Crippen molar-refractivity contribution in [3.05, 3.63) is 82.0 Å². The molecule has 240 valence electrons. The van der Waals surface area contributed by atoms with Crippen LogP contribution in [-0.2, 0) is 10.9 Å². The molecule has 1 aliphatic rings. The molecule has 10 nitrogen and oxygen atoms in total. The molecule has 0 radical (unpaired) electrons. The van der Waals surface area contributed by atoms with Crippen molar-refractivity contribution in [2.24, 2.45) is 4.99 Å². The van der Waals surface area contributed by atoms with E-state index in [4.69, 9.17) is 21.1 Å². The highest BCUT2D eigenvalue weighted by Crippen LogP contribution is 2.32. The van der Waals surface area contributed by atoms with Crippen LogP contribution in [0.2, 0.25) is 5.02 Å². The van der Waals surface area contributed by atoms with E-state index in [1.807, 2.05) is 0 Å². The number of alkyl halides is 3. The molecule has 45 heavy (non-hydrogen) atoms. The van der Waals surface area contributed by atoms with Crippen molar-refractivity contribution in [3.8, 4) is 5.88 Å². The van der Waals surface area contributed by atoms with Gasteiger partial charge in [-0.15, -0.1) is 0 Å². The number of halogens is 5. The van der Waals surface area contributed by atoms with Gasteiger partial charge >= 0.3 is 12.1 Å². The lowest BCUT2D eigenvalue weighted by atomic mass is 10.0. The molecule has 0 bridgehead atoms. The first-order chi connectivity index (χ1) is 21.3. The van der Waals surface area contributed by atoms with Crippen LogP contribution in [-0.4, -0.2) is 76.0 Å². The zero-order valence-corrected chi connectivity index (χ0v) is 25.4. The number of pyridine rings is 1. The Morgan fingerprint density at radius 3 is 2.56 bits per heavy atom. The van der Waals surface area contributed by atoms with Crippen LogP contribution < -0.4 is 10.1 Å². The summed E-state index contributed by atoms with van der Waals surface area (Å²) in [5.74, 6) is -1.94. The highest BCUT2D eigenvalue weighted by atomic mass is 35.5. The fraction of sp³-hybridized carbons (Fsp3) is 0.333. The number of anilines is 1. The van der Waals surface area contributed by atoms with Crippen LogP contribution in [0.4, 0.5) is 23.2 Å². The van der Waals surface area contributed by atoms with Crippen molar-refractivity contribution in [2.45, 2.75) is 26.9 Å².